The highest BCUT2D eigenvalue weighted by atomic mass is 16.1. The lowest BCUT2D eigenvalue weighted by molar-refractivity contribution is -0.124. The summed E-state index contributed by atoms with van der Waals surface area (Å²) in [5.41, 5.74) is 8.14. The number of hydrogen-bond acceptors (Lipinski definition) is 3. The number of amides is 1. The van der Waals surface area contributed by atoms with E-state index in [0.29, 0.717) is 13.0 Å². The van der Waals surface area contributed by atoms with E-state index in [4.69, 9.17) is 5.73 Å². The summed E-state index contributed by atoms with van der Waals surface area (Å²) in [4.78, 5) is 16.9. The van der Waals surface area contributed by atoms with Gasteiger partial charge in [-0.3, -0.25) is 9.78 Å². The van der Waals surface area contributed by atoms with Crippen molar-refractivity contribution < 1.29 is 4.79 Å². The molecule has 0 spiro atoms. The van der Waals surface area contributed by atoms with Crippen LogP contribution in [0.4, 0.5) is 0 Å². The van der Waals surface area contributed by atoms with Gasteiger partial charge in [0.1, 0.15) is 0 Å². The highest BCUT2D eigenvalue weighted by molar-refractivity contribution is 5.77. The molecule has 2 aromatic rings. The quantitative estimate of drug-likeness (QED) is 0.846. The molecule has 1 amide bonds. The third kappa shape index (κ3) is 4.45. The Hall–Kier alpha value is -2.20. The lowest BCUT2D eigenvalue weighted by atomic mass is 9.71. The van der Waals surface area contributed by atoms with E-state index in [1.165, 1.54) is 19.3 Å². The largest absolute Gasteiger partial charge is 0.345 e. The first kappa shape index (κ1) is 17.6. The number of nitrogens with one attached hydrogen (secondary N) is 1. The second kappa shape index (κ2) is 8.26. The van der Waals surface area contributed by atoms with Crippen LogP contribution in [0.15, 0.2) is 54.9 Å². The molecule has 0 aliphatic heterocycles. The van der Waals surface area contributed by atoms with Crippen LogP contribution < -0.4 is 11.1 Å². The van der Waals surface area contributed by atoms with Gasteiger partial charge in [0.05, 0.1) is 6.04 Å². The number of carbonyl (C=O) groups excluding carboxylic acids is 1. The number of nitrogens with zero attached hydrogens (tertiary/aromatic N) is 1. The highest BCUT2D eigenvalue weighted by Crippen LogP contribution is 2.38. The van der Waals surface area contributed by atoms with Gasteiger partial charge >= 0.3 is 0 Å². The Bertz CT molecular complexity index is 627. The van der Waals surface area contributed by atoms with Crippen LogP contribution in [0.25, 0.3) is 0 Å². The average Bonchev–Trinajstić information content (AvgIpc) is 2.68. The number of nitrogens with two attached hydrogens (primary N) is 1. The van der Waals surface area contributed by atoms with Crippen LogP contribution in [0.1, 0.15) is 55.7 Å². The molecule has 3 N–H and O–H groups in total. The number of aromatic nitrogens is 1. The zero-order valence-electron chi connectivity index (χ0n) is 14.7. The molecule has 1 aromatic carbocycles. The Morgan fingerprint density at radius 1 is 1.04 bits per heavy atom. The summed E-state index contributed by atoms with van der Waals surface area (Å²) in [5, 5.41) is 3.23. The second-order valence-corrected chi connectivity index (χ2v) is 7.13. The maximum absolute atomic E-state index is 12.9. The van der Waals surface area contributed by atoms with Crippen molar-refractivity contribution in [1.82, 2.24) is 10.3 Å². The normalized spacial score (nSPS) is 17.6. The minimum absolute atomic E-state index is 0.0260. The molecule has 0 saturated heterocycles. The van der Waals surface area contributed by atoms with E-state index >= 15 is 0 Å². The molecule has 25 heavy (non-hydrogen) atoms. The predicted molar refractivity (Wildman–Crippen MR) is 99.9 cm³/mol. The van der Waals surface area contributed by atoms with Gasteiger partial charge in [0, 0.05) is 18.8 Å². The average molecular weight is 337 g/mol. The van der Waals surface area contributed by atoms with E-state index in [9.17, 15) is 4.79 Å². The summed E-state index contributed by atoms with van der Waals surface area (Å²) in [5.74, 6) is 0.0815. The van der Waals surface area contributed by atoms with Crippen LogP contribution in [0.3, 0.4) is 0 Å². The Labute approximate surface area is 149 Å². The topological polar surface area (TPSA) is 68.0 Å². The Morgan fingerprint density at radius 3 is 2.32 bits per heavy atom. The fraction of sp³-hybridized carbons (Fsp3) is 0.429. The van der Waals surface area contributed by atoms with Gasteiger partial charge in [0.25, 0.3) is 0 Å². The molecule has 1 heterocycles. The molecule has 1 fully saturated rings. The van der Waals surface area contributed by atoms with Crippen LogP contribution in [0, 0.1) is 5.41 Å². The zero-order valence-corrected chi connectivity index (χ0v) is 14.7. The van der Waals surface area contributed by atoms with Crippen LogP contribution in [0.2, 0.25) is 0 Å². The maximum atomic E-state index is 12.9. The van der Waals surface area contributed by atoms with E-state index in [1.54, 1.807) is 12.4 Å². The van der Waals surface area contributed by atoms with E-state index in [1.807, 2.05) is 42.5 Å². The van der Waals surface area contributed by atoms with Gasteiger partial charge in [-0.05, 0) is 48.1 Å². The molecule has 1 aliphatic rings. The fourth-order valence-electron chi connectivity index (χ4n) is 3.87. The third-order valence-corrected chi connectivity index (χ3v) is 5.36. The molecule has 1 aromatic heterocycles. The smallest absolute Gasteiger partial charge is 0.221 e. The summed E-state index contributed by atoms with van der Waals surface area (Å²) in [7, 11) is 0. The van der Waals surface area contributed by atoms with E-state index in [2.05, 4.69) is 10.3 Å². The van der Waals surface area contributed by atoms with Crippen molar-refractivity contribution in [1.29, 1.82) is 0 Å². The van der Waals surface area contributed by atoms with Crippen molar-refractivity contribution in [3.8, 4) is 0 Å². The van der Waals surface area contributed by atoms with Crippen molar-refractivity contribution >= 4 is 5.91 Å². The van der Waals surface area contributed by atoms with Crippen molar-refractivity contribution in [3.05, 3.63) is 66.0 Å². The van der Waals surface area contributed by atoms with Gasteiger partial charge < -0.3 is 11.1 Å². The molecule has 1 atom stereocenters. The first-order valence-electron chi connectivity index (χ1n) is 9.17. The maximum Gasteiger partial charge on any atom is 0.221 e. The summed E-state index contributed by atoms with van der Waals surface area (Å²) >= 11 is 0. The van der Waals surface area contributed by atoms with Gasteiger partial charge in [-0.2, -0.15) is 0 Å². The summed E-state index contributed by atoms with van der Waals surface area (Å²) in [6.45, 7) is 0.589. The molecule has 1 saturated carbocycles. The first-order valence-corrected chi connectivity index (χ1v) is 9.17. The van der Waals surface area contributed by atoms with Gasteiger partial charge in [0.15, 0.2) is 0 Å². The molecule has 0 bridgehead atoms. The van der Waals surface area contributed by atoms with Crippen LogP contribution in [0.5, 0.6) is 0 Å². The molecule has 1 unspecified atom stereocenters. The number of hydrogen-bond donors (Lipinski definition) is 2. The number of rotatable bonds is 6. The Morgan fingerprint density at radius 2 is 1.68 bits per heavy atom. The molecule has 3 rings (SSSR count). The second-order valence-electron chi connectivity index (χ2n) is 7.13. The molecule has 1 aliphatic carbocycles. The summed E-state index contributed by atoms with van der Waals surface area (Å²) in [6.07, 6.45) is 9.77. The van der Waals surface area contributed by atoms with Crippen molar-refractivity contribution in [2.75, 3.05) is 6.54 Å². The summed E-state index contributed by atoms with van der Waals surface area (Å²) < 4.78 is 0. The van der Waals surface area contributed by atoms with Crippen LogP contribution >= 0.6 is 0 Å². The highest BCUT2D eigenvalue weighted by Gasteiger charge is 2.33. The van der Waals surface area contributed by atoms with Gasteiger partial charge in [-0.25, -0.2) is 0 Å². The van der Waals surface area contributed by atoms with Gasteiger partial charge in [-0.15, -0.1) is 0 Å². The molecule has 4 nitrogen and oxygen atoms in total. The van der Waals surface area contributed by atoms with Gasteiger partial charge in [-0.1, -0.05) is 49.6 Å². The monoisotopic (exact) mass is 337 g/mol. The van der Waals surface area contributed by atoms with E-state index in [-0.39, 0.29) is 17.4 Å². The minimum Gasteiger partial charge on any atom is -0.345 e. The Balaban J connectivity index is 1.77. The predicted octanol–water partition coefficient (Wildman–Crippen LogP) is 3.59. The molecule has 0 radical (unpaired) electrons. The molecule has 132 valence electrons. The van der Waals surface area contributed by atoms with E-state index in [0.717, 1.165) is 24.0 Å². The SMILES string of the molecule is NCC1(CC(=O)NC(c2ccccc2)c2ccncc2)CCCCC1. The summed E-state index contributed by atoms with van der Waals surface area (Å²) in [6, 6.07) is 13.8. The number of benzene rings is 1. The van der Waals surface area contributed by atoms with Crippen molar-refractivity contribution in [2.24, 2.45) is 11.1 Å². The lowest BCUT2D eigenvalue weighted by Gasteiger charge is -2.36. The number of pyridine rings is 1. The number of carbonyl (C=O) groups is 1. The fourth-order valence-corrected chi connectivity index (χ4v) is 3.87. The van der Waals surface area contributed by atoms with Crippen molar-refractivity contribution in [3.63, 3.8) is 0 Å². The van der Waals surface area contributed by atoms with Crippen molar-refractivity contribution in [2.45, 2.75) is 44.6 Å². The molecular formula is C21H27N3O. The lowest BCUT2D eigenvalue weighted by Crippen LogP contribution is -2.39. The standard InChI is InChI=1S/C21H27N3O/c22-16-21(11-5-2-6-12-21)15-19(25)24-20(17-7-3-1-4-8-17)18-9-13-23-14-10-18/h1,3-4,7-10,13-14,20H,2,5-6,11-12,15-16,22H2,(H,24,25). The third-order valence-electron chi connectivity index (χ3n) is 5.36. The molecular weight excluding hydrogens is 310 g/mol. The minimum atomic E-state index is -0.157. The van der Waals surface area contributed by atoms with Crippen LogP contribution in [-0.2, 0) is 4.79 Å². The Kier molecular flexibility index (Phi) is 5.82. The first-order chi connectivity index (χ1) is 12.2. The van der Waals surface area contributed by atoms with Gasteiger partial charge in [0.2, 0.25) is 5.91 Å². The molecule has 4 heteroatoms. The van der Waals surface area contributed by atoms with E-state index < -0.39 is 0 Å². The van der Waals surface area contributed by atoms with Crippen LogP contribution in [-0.4, -0.2) is 17.4 Å². The zero-order chi connectivity index (χ0) is 17.5.